The summed E-state index contributed by atoms with van der Waals surface area (Å²) in [5.74, 6) is -2.62. The number of carbonyl (C=O) groups is 1. The van der Waals surface area contributed by atoms with Gasteiger partial charge in [0.15, 0.2) is 9.84 Å². The van der Waals surface area contributed by atoms with Gasteiger partial charge in [0.2, 0.25) is 0 Å². The molecule has 1 aliphatic heterocycles. The number of hydrogen-bond donors (Lipinski definition) is 1. The summed E-state index contributed by atoms with van der Waals surface area (Å²) in [6, 6.07) is 10.5. The Morgan fingerprint density at radius 1 is 1.08 bits per heavy atom. The van der Waals surface area contributed by atoms with E-state index in [9.17, 15) is 27.1 Å². The maximum Gasteiger partial charge on any atom is 0.307 e. The van der Waals surface area contributed by atoms with Crippen molar-refractivity contribution in [3.8, 4) is 21.1 Å². The number of carboxylic acids is 1. The van der Waals surface area contributed by atoms with Crippen LogP contribution in [-0.2, 0) is 14.6 Å². The molecular weight excluding hydrogens is 508 g/mol. The number of sulfone groups is 1. The van der Waals surface area contributed by atoms with Crippen molar-refractivity contribution in [1.82, 2.24) is 9.97 Å². The average molecular weight is 534 g/mol. The molecule has 0 bridgehead atoms. The number of aliphatic carboxylic acids is 1. The molecule has 2 aromatic heterocycles. The van der Waals surface area contributed by atoms with Crippen molar-refractivity contribution in [2.24, 2.45) is 5.92 Å². The Balaban J connectivity index is 1.52. The summed E-state index contributed by atoms with van der Waals surface area (Å²) >= 11 is 1.35. The molecule has 0 spiro atoms. The molecule has 36 heavy (non-hydrogen) atoms. The van der Waals surface area contributed by atoms with Gasteiger partial charge in [-0.3, -0.25) is 9.78 Å². The third-order valence-electron chi connectivity index (χ3n) is 6.89. The van der Waals surface area contributed by atoms with Crippen LogP contribution in [0.4, 0.5) is 14.5 Å². The van der Waals surface area contributed by atoms with E-state index in [0.717, 1.165) is 22.3 Å². The molecule has 3 unspecified atom stereocenters. The molecule has 2 aliphatic rings. The Bertz CT molecular complexity index is 1350. The predicted molar refractivity (Wildman–Crippen MR) is 134 cm³/mol. The van der Waals surface area contributed by atoms with Crippen LogP contribution in [0.2, 0.25) is 0 Å². The van der Waals surface area contributed by atoms with Crippen molar-refractivity contribution in [2.75, 3.05) is 29.5 Å². The maximum absolute atomic E-state index is 14.1. The quantitative estimate of drug-likeness (QED) is 0.513. The lowest BCUT2D eigenvalue weighted by atomic mass is 9.76. The van der Waals surface area contributed by atoms with Gasteiger partial charge >= 0.3 is 5.97 Å². The fourth-order valence-electron chi connectivity index (χ4n) is 4.92. The first-order chi connectivity index (χ1) is 17.2. The summed E-state index contributed by atoms with van der Waals surface area (Å²) in [6.45, 7) is 0.862. The highest BCUT2D eigenvalue weighted by Crippen LogP contribution is 2.46. The second-order valence-electron chi connectivity index (χ2n) is 9.24. The van der Waals surface area contributed by atoms with Crippen LogP contribution in [0.1, 0.15) is 30.9 Å². The summed E-state index contributed by atoms with van der Waals surface area (Å²) in [4.78, 5) is 23.7. The SMILES string of the molecule is O=C(O)C1CC(F)CCC1c1nc(-c2ccc(F)cn2)sc1-c1ccc(N2CCS(=O)(=O)CC2)cc1. The van der Waals surface area contributed by atoms with Crippen LogP contribution in [0.15, 0.2) is 42.6 Å². The van der Waals surface area contributed by atoms with Crippen LogP contribution < -0.4 is 4.90 Å². The van der Waals surface area contributed by atoms with Crippen molar-refractivity contribution in [1.29, 1.82) is 0 Å². The summed E-state index contributed by atoms with van der Waals surface area (Å²) in [7, 11) is -2.99. The zero-order chi connectivity index (χ0) is 25.4. The molecule has 3 aromatic rings. The van der Waals surface area contributed by atoms with E-state index in [0.29, 0.717) is 35.9 Å². The molecule has 3 atom stereocenters. The number of pyridine rings is 1. The van der Waals surface area contributed by atoms with E-state index in [2.05, 4.69) is 4.98 Å². The Morgan fingerprint density at radius 2 is 1.81 bits per heavy atom. The standard InChI is InChI=1S/C25H25F2N3O4S2/c26-16-3-7-19(20(13-16)25(31)32)22-23(35-24(29-22)21-8-4-17(27)14-28-21)15-1-5-18(6-2-15)30-9-11-36(33,34)12-10-30/h1-2,4-6,8,14,16,19-20H,3,7,9-13H2,(H,31,32). The third-order valence-corrected chi connectivity index (χ3v) is 9.65. The Labute approximate surface area is 211 Å². The van der Waals surface area contributed by atoms with E-state index in [1.807, 2.05) is 29.2 Å². The second-order valence-corrected chi connectivity index (χ2v) is 12.5. The second kappa shape index (κ2) is 9.85. The van der Waals surface area contributed by atoms with Crippen LogP contribution in [0.25, 0.3) is 21.1 Å². The molecule has 7 nitrogen and oxygen atoms in total. The van der Waals surface area contributed by atoms with E-state index >= 15 is 0 Å². The molecule has 1 saturated heterocycles. The topological polar surface area (TPSA) is 100 Å². The minimum absolute atomic E-state index is 0.0576. The molecule has 5 rings (SSSR count). The molecule has 0 amide bonds. The zero-order valence-electron chi connectivity index (χ0n) is 19.3. The largest absolute Gasteiger partial charge is 0.481 e. The van der Waals surface area contributed by atoms with Gasteiger partial charge in [-0.1, -0.05) is 12.1 Å². The van der Waals surface area contributed by atoms with E-state index in [-0.39, 0.29) is 24.3 Å². The van der Waals surface area contributed by atoms with Gasteiger partial charge < -0.3 is 10.0 Å². The number of nitrogens with zero attached hydrogens (tertiary/aromatic N) is 3. The van der Waals surface area contributed by atoms with Gasteiger partial charge in [-0.25, -0.2) is 22.2 Å². The number of carboxylic acid groups (broad SMARTS) is 1. The predicted octanol–water partition coefficient (Wildman–Crippen LogP) is 4.55. The molecule has 190 valence electrons. The molecule has 0 radical (unpaired) electrons. The fraction of sp³-hybridized carbons (Fsp3) is 0.400. The monoisotopic (exact) mass is 533 g/mol. The fourth-order valence-corrected chi connectivity index (χ4v) is 7.24. The molecule has 1 aromatic carbocycles. The van der Waals surface area contributed by atoms with Crippen molar-refractivity contribution in [2.45, 2.75) is 31.4 Å². The lowest BCUT2D eigenvalue weighted by molar-refractivity contribution is -0.144. The van der Waals surface area contributed by atoms with Gasteiger partial charge in [-0.05, 0) is 49.1 Å². The smallest absolute Gasteiger partial charge is 0.307 e. The highest BCUT2D eigenvalue weighted by atomic mass is 32.2. The van der Waals surface area contributed by atoms with Crippen LogP contribution >= 0.6 is 11.3 Å². The molecule has 2 fully saturated rings. The number of anilines is 1. The number of benzene rings is 1. The van der Waals surface area contributed by atoms with Crippen molar-refractivity contribution in [3.05, 3.63) is 54.1 Å². The number of thiazole rings is 1. The van der Waals surface area contributed by atoms with Crippen LogP contribution in [0, 0.1) is 11.7 Å². The summed E-state index contributed by atoms with van der Waals surface area (Å²) in [5.41, 5.74) is 2.81. The number of halogens is 2. The van der Waals surface area contributed by atoms with Crippen molar-refractivity contribution < 1.29 is 27.1 Å². The normalized spacial score (nSPS) is 23.9. The highest BCUT2D eigenvalue weighted by molar-refractivity contribution is 7.91. The van der Waals surface area contributed by atoms with Gasteiger partial charge in [0.05, 0.1) is 39.9 Å². The number of alkyl halides is 1. The molecule has 1 aliphatic carbocycles. The maximum atomic E-state index is 14.1. The van der Waals surface area contributed by atoms with E-state index < -0.39 is 39.6 Å². The Kier molecular flexibility index (Phi) is 6.78. The summed E-state index contributed by atoms with van der Waals surface area (Å²) in [6.07, 6.45) is 0.531. The molecule has 11 heteroatoms. The van der Waals surface area contributed by atoms with E-state index in [4.69, 9.17) is 4.98 Å². The van der Waals surface area contributed by atoms with Gasteiger partial charge in [-0.15, -0.1) is 11.3 Å². The number of aromatic nitrogens is 2. The van der Waals surface area contributed by atoms with Crippen LogP contribution in [-0.4, -0.2) is 60.2 Å². The van der Waals surface area contributed by atoms with Gasteiger partial charge in [-0.2, -0.15) is 0 Å². The first kappa shape index (κ1) is 24.8. The first-order valence-electron chi connectivity index (χ1n) is 11.8. The molecule has 1 saturated carbocycles. The number of rotatable bonds is 5. The highest BCUT2D eigenvalue weighted by Gasteiger charge is 2.39. The molecule has 1 N–H and O–H groups in total. The van der Waals surface area contributed by atoms with Crippen LogP contribution in [0.5, 0.6) is 0 Å². The third kappa shape index (κ3) is 5.12. The molecular formula is C25H25F2N3O4S2. The average Bonchev–Trinajstić information content (AvgIpc) is 3.30. The zero-order valence-corrected chi connectivity index (χ0v) is 20.9. The van der Waals surface area contributed by atoms with Crippen molar-refractivity contribution >= 4 is 32.8 Å². The van der Waals surface area contributed by atoms with E-state index in [1.165, 1.54) is 23.5 Å². The van der Waals surface area contributed by atoms with Gasteiger partial charge in [0.25, 0.3) is 0 Å². The van der Waals surface area contributed by atoms with E-state index in [1.54, 1.807) is 0 Å². The Morgan fingerprint density at radius 3 is 2.44 bits per heavy atom. The summed E-state index contributed by atoms with van der Waals surface area (Å²) < 4.78 is 51.1. The minimum Gasteiger partial charge on any atom is -0.481 e. The minimum atomic E-state index is -2.99. The number of hydrogen-bond acceptors (Lipinski definition) is 7. The Hall–Kier alpha value is -2.92. The summed E-state index contributed by atoms with van der Waals surface area (Å²) in [5, 5.41) is 10.4. The van der Waals surface area contributed by atoms with Crippen molar-refractivity contribution in [3.63, 3.8) is 0 Å². The lowest BCUT2D eigenvalue weighted by Crippen LogP contribution is -2.40. The lowest BCUT2D eigenvalue weighted by Gasteiger charge is -2.30. The van der Waals surface area contributed by atoms with Gasteiger partial charge in [0.1, 0.15) is 17.0 Å². The van der Waals surface area contributed by atoms with Gasteiger partial charge in [0, 0.05) is 24.7 Å². The van der Waals surface area contributed by atoms with Crippen LogP contribution in [0.3, 0.4) is 0 Å². The first-order valence-corrected chi connectivity index (χ1v) is 14.4. The molecule has 3 heterocycles.